The Bertz CT molecular complexity index is 150. The lowest BCUT2D eigenvalue weighted by Crippen LogP contribution is -2.26. The summed E-state index contributed by atoms with van der Waals surface area (Å²) in [6, 6.07) is 0.478. The summed E-state index contributed by atoms with van der Waals surface area (Å²) in [5.41, 5.74) is 0. The Labute approximate surface area is 74.7 Å². The fourth-order valence-electron chi connectivity index (χ4n) is 1.60. The van der Waals surface area contributed by atoms with Crippen molar-refractivity contribution in [2.24, 2.45) is 5.92 Å². The lowest BCUT2D eigenvalue weighted by atomic mass is 9.97. The number of Topliss-reactive ketones (excluding diaryl/α,β-unsaturated/α-hetero) is 1. The van der Waals surface area contributed by atoms with Crippen LogP contribution < -0.4 is 5.32 Å². The van der Waals surface area contributed by atoms with Gasteiger partial charge in [-0.3, -0.25) is 4.79 Å². The van der Waals surface area contributed by atoms with Crippen molar-refractivity contribution >= 4 is 5.78 Å². The van der Waals surface area contributed by atoms with E-state index < -0.39 is 0 Å². The third-order valence-corrected chi connectivity index (χ3v) is 2.77. The van der Waals surface area contributed by atoms with Gasteiger partial charge in [0.2, 0.25) is 0 Å². The molecule has 0 spiro atoms. The van der Waals surface area contributed by atoms with E-state index in [9.17, 15) is 4.79 Å². The van der Waals surface area contributed by atoms with Crippen molar-refractivity contribution < 1.29 is 4.79 Å². The summed E-state index contributed by atoms with van der Waals surface area (Å²) >= 11 is 0. The summed E-state index contributed by atoms with van der Waals surface area (Å²) in [7, 11) is 0. The number of carbonyl (C=O) groups is 1. The molecule has 1 N–H and O–H groups in total. The molecule has 2 nitrogen and oxygen atoms in total. The molecule has 2 unspecified atom stereocenters. The molecule has 1 rings (SSSR count). The van der Waals surface area contributed by atoms with Crippen LogP contribution in [0.2, 0.25) is 0 Å². The molecule has 0 aliphatic carbocycles. The molecule has 2 heteroatoms. The van der Waals surface area contributed by atoms with Crippen molar-refractivity contribution in [1.82, 2.24) is 5.32 Å². The second-order valence-electron chi connectivity index (χ2n) is 3.77. The lowest BCUT2D eigenvalue weighted by molar-refractivity contribution is -0.122. The van der Waals surface area contributed by atoms with Gasteiger partial charge in [0, 0.05) is 18.4 Å². The molecule has 1 aliphatic heterocycles. The predicted molar refractivity (Wildman–Crippen MR) is 50.1 cm³/mol. The average Bonchev–Trinajstić information content (AvgIpc) is 2.55. The van der Waals surface area contributed by atoms with Crippen molar-refractivity contribution in [3.05, 3.63) is 0 Å². The van der Waals surface area contributed by atoms with Crippen LogP contribution in [0, 0.1) is 5.92 Å². The Hall–Kier alpha value is -0.370. The summed E-state index contributed by atoms with van der Waals surface area (Å²) in [5.74, 6) is 0.685. The predicted octanol–water partition coefficient (Wildman–Crippen LogP) is 1.74. The Morgan fingerprint density at radius 3 is 2.92 bits per heavy atom. The van der Waals surface area contributed by atoms with Gasteiger partial charge in [0.05, 0.1) is 0 Å². The number of hydrogen-bond donors (Lipinski definition) is 1. The third-order valence-electron chi connectivity index (χ3n) is 2.77. The molecule has 2 atom stereocenters. The minimum atomic E-state index is 0.257. The molecule has 70 valence electrons. The van der Waals surface area contributed by atoms with Gasteiger partial charge < -0.3 is 5.32 Å². The van der Waals surface area contributed by atoms with Gasteiger partial charge >= 0.3 is 0 Å². The van der Waals surface area contributed by atoms with Crippen LogP contribution in [0.3, 0.4) is 0 Å². The zero-order chi connectivity index (χ0) is 8.97. The van der Waals surface area contributed by atoms with E-state index >= 15 is 0 Å². The lowest BCUT2D eigenvalue weighted by Gasteiger charge is -2.12. The third kappa shape index (κ3) is 2.59. The fourth-order valence-corrected chi connectivity index (χ4v) is 1.60. The maximum atomic E-state index is 11.5. The minimum Gasteiger partial charge on any atom is -0.314 e. The summed E-state index contributed by atoms with van der Waals surface area (Å²) in [5, 5.41) is 3.35. The molecule has 1 fully saturated rings. The quantitative estimate of drug-likeness (QED) is 0.694. The van der Waals surface area contributed by atoms with Gasteiger partial charge in [-0.2, -0.15) is 0 Å². The van der Waals surface area contributed by atoms with E-state index in [-0.39, 0.29) is 5.92 Å². The van der Waals surface area contributed by atoms with Crippen LogP contribution in [0.4, 0.5) is 0 Å². The molecule has 0 amide bonds. The summed E-state index contributed by atoms with van der Waals surface area (Å²) in [6.45, 7) is 5.19. The molecule has 1 aliphatic rings. The maximum Gasteiger partial charge on any atom is 0.137 e. The van der Waals surface area contributed by atoms with Crippen LogP contribution in [0.15, 0.2) is 0 Å². The van der Waals surface area contributed by atoms with Crippen LogP contribution in [-0.4, -0.2) is 18.4 Å². The summed E-state index contributed by atoms with van der Waals surface area (Å²) in [4.78, 5) is 11.5. The number of rotatable bonds is 4. The minimum absolute atomic E-state index is 0.257. The summed E-state index contributed by atoms with van der Waals surface area (Å²) < 4.78 is 0. The number of ketones is 1. The van der Waals surface area contributed by atoms with Crippen LogP contribution in [-0.2, 0) is 4.79 Å². The highest BCUT2D eigenvalue weighted by Gasteiger charge is 2.19. The highest BCUT2D eigenvalue weighted by molar-refractivity contribution is 5.81. The van der Waals surface area contributed by atoms with Crippen molar-refractivity contribution in [1.29, 1.82) is 0 Å². The Kier molecular flexibility index (Phi) is 3.73. The molecular formula is C10H19NO. The molecule has 0 aromatic rings. The van der Waals surface area contributed by atoms with Gasteiger partial charge in [-0.15, -0.1) is 0 Å². The van der Waals surface area contributed by atoms with Crippen LogP contribution in [0.5, 0.6) is 0 Å². The molecule has 1 heterocycles. The number of nitrogens with one attached hydrogen (secondary N) is 1. The first-order chi connectivity index (χ1) is 5.74. The maximum absolute atomic E-state index is 11.5. The largest absolute Gasteiger partial charge is 0.314 e. The van der Waals surface area contributed by atoms with E-state index in [1.165, 1.54) is 12.8 Å². The van der Waals surface area contributed by atoms with Crippen molar-refractivity contribution in [2.45, 2.75) is 45.6 Å². The molecule has 12 heavy (non-hydrogen) atoms. The molecule has 0 saturated carbocycles. The fraction of sp³-hybridized carbons (Fsp3) is 0.900. The van der Waals surface area contributed by atoms with E-state index in [0.29, 0.717) is 11.8 Å². The van der Waals surface area contributed by atoms with Crippen LogP contribution in [0.25, 0.3) is 0 Å². The molecule has 0 aromatic heterocycles. The highest BCUT2D eigenvalue weighted by Crippen LogP contribution is 2.13. The Morgan fingerprint density at radius 1 is 1.67 bits per heavy atom. The SMILES string of the molecule is CCC(C)C(=O)CC1CCCN1. The first-order valence-corrected chi connectivity index (χ1v) is 5.00. The molecule has 0 radical (unpaired) electrons. The van der Waals surface area contributed by atoms with Crippen LogP contribution >= 0.6 is 0 Å². The smallest absolute Gasteiger partial charge is 0.137 e. The molecule has 0 bridgehead atoms. The van der Waals surface area contributed by atoms with Gasteiger partial charge in [-0.25, -0.2) is 0 Å². The van der Waals surface area contributed by atoms with Gasteiger partial charge in [-0.05, 0) is 25.8 Å². The second kappa shape index (κ2) is 4.61. The zero-order valence-electron chi connectivity index (χ0n) is 8.10. The Balaban J connectivity index is 2.25. The normalized spacial score (nSPS) is 25.7. The average molecular weight is 169 g/mol. The second-order valence-corrected chi connectivity index (χ2v) is 3.77. The van der Waals surface area contributed by atoms with Crippen molar-refractivity contribution in [3.63, 3.8) is 0 Å². The molecular weight excluding hydrogens is 150 g/mol. The van der Waals surface area contributed by atoms with E-state index in [1.54, 1.807) is 0 Å². The van der Waals surface area contributed by atoms with Crippen molar-refractivity contribution in [3.8, 4) is 0 Å². The summed E-state index contributed by atoms with van der Waals surface area (Å²) in [6.07, 6.45) is 4.14. The first-order valence-electron chi connectivity index (χ1n) is 5.00. The Morgan fingerprint density at radius 2 is 2.42 bits per heavy atom. The monoisotopic (exact) mass is 169 g/mol. The van der Waals surface area contributed by atoms with E-state index in [4.69, 9.17) is 0 Å². The number of hydrogen-bond acceptors (Lipinski definition) is 2. The van der Waals surface area contributed by atoms with Crippen molar-refractivity contribution in [2.75, 3.05) is 6.54 Å². The van der Waals surface area contributed by atoms with Crippen LogP contribution in [0.1, 0.15) is 39.5 Å². The van der Waals surface area contributed by atoms with E-state index in [2.05, 4.69) is 12.2 Å². The molecule has 0 aromatic carbocycles. The standard InChI is InChI=1S/C10H19NO/c1-3-8(2)10(12)7-9-5-4-6-11-9/h8-9,11H,3-7H2,1-2H3. The van der Waals surface area contributed by atoms with E-state index in [1.807, 2.05) is 6.92 Å². The number of carbonyl (C=O) groups excluding carboxylic acids is 1. The van der Waals surface area contributed by atoms with Gasteiger partial charge in [0.25, 0.3) is 0 Å². The van der Waals surface area contributed by atoms with Gasteiger partial charge in [0.1, 0.15) is 5.78 Å². The van der Waals surface area contributed by atoms with Gasteiger partial charge in [0.15, 0.2) is 0 Å². The van der Waals surface area contributed by atoms with E-state index in [0.717, 1.165) is 19.4 Å². The van der Waals surface area contributed by atoms with Gasteiger partial charge in [-0.1, -0.05) is 13.8 Å². The topological polar surface area (TPSA) is 29.1 Å². The first kappa shape index (κ1) is 9.72. The highest BCUT2D eigenvalue weighted by atomic mass is 16.1. The zero-order valence-corrected chi connectivity index (χ0v) is 8.10. The molecule has 1 saturated heterocycles.